The average molecular weight is 272 g/mol. The van der Waals surface area contributed by atoms with Gasteiger partial charge in [-0.15, -0.1) is 5.10 Å². The van der Waals surface area contributed by atoms with E-state index in [0.29, 0.717) is 39.3 Å². The monoisotopic (exact) mass is 272 g/mol. The second kappa shape index (κ2) is 9.85. The summed E-state index contributed by atoms with van der Waals surface area (Å²) in [6, 6.07) is 0. The largest absolute Gasteiger partial charge is 0.396 e. The van der Waals surface area contributed by atoms with Crippen LogP contribution in [0.4, 0.5) is 0 Å². The molecule has 0 aliphatic heterocycles. The van der Waals surface area contributed by atoms with Gasteiger partial charge in [0.2, 0.25) is 0 Å². The SMILES string of the molecule is CCOC(CNCc1cn(CCCO)nn1)OCC. The van der Waals surface area contributed by atoms with Crippen molar-refractivity contribution in [3.63, 3.8) is 0 Å². The van der Waals surface area contributed by atoms with Crippen molar-refractivity contribution in [1.29, 1.82) is 0 Å². The Labute approximate surface area is 113 Å². The highest BCUT2D eigenvalue weighted by Gasteiger charge is 2.07. The number of nitrogens with one attached hydrogen (secondary N) is 1. The molecular weight excluding hydrogens is 248 g/mol. The first kappa shape index (κ1) is 16.0. The van der Waals surface area contributed by atoms with E-state index >= 15 is 0 Å². The molecule has 110 valence electrons. The fourth-order valence-electron chi connectivity index (χ4n) is 1.62. The normalized spacial score (nSPS) is 11.4. The quantitative estimate of drug-likeness (QED) is 0.558. The third-order valence-electron chi connectivity index (χ3n) is 2.45. The number of aliphatic hydroxyl groups excluding tert-OH is 1. The van der Waals surface area contributed by atoms with Gasteiger partial charge in [-0.25, -0.2) is 0 Å². The van der Waals surface area contributed by atoms with Crippen LogP contribution in [0.25, 0.3) is 0 Å². The number of aromatic nitrogens is 3. The lowest BCUT2D eigenvalue weighted by Gasteiger charge is -2.16. The van der Waals surface area contributed by atoms with Gasteiger partial charge >= 0.3 is 0 Å². The van der Waals surface area contributed by atoms with E-state index in [0.717, 1.165) is 5.69 Å². The van der Waals surface area contributed by atoms with E-state index in [-0.39, 0.29) is 12.9 Å². The molecule has 1 aromatic rings. The molecule has 0 atom stereocenters. The maximum Gasteiger partial charge on any atom is 0.169 e. The lowest BCUT2D eigenvalue weighted by atomic mass is 10.4. The van der Waals surface area contributed by atoms with E-state index in [1.54, 1.807) is 4.68 Å². The summed E-state index contributed by atoms with van der Waals surface area (Å²) in [7, 11) is 0. The van der Waals surface area contributed by atoms with Crippen molar-refractivity contribution in [3.05, 3.63) is 11.9 Å². The van der Waals surface area contributed by atoms with Crippen LogP contribution < -0.4 is 5.32 Å². The van der Waals surface area contributed by atoms with Gasteiger partial charge in [0.25, 0.3) is 0 Å². The molecule has 0 aromatic carbocycles. The molecule has 0 fully saturated rings. The minimum Gasteiger partial charge on any atom is -0.396 e. The van der Waals surface area contributed by atoms with Crippen molar-refractivity contribution in [2.45, 2.75) is 39.6 Å². The summed E-state index contributed by atoms with van der Waals surface area (Å²) < 4.78 is 12.6. The van der Waals surface area contributed by atoms with Gasteiger partial charge < -0.3 is 19.9 Å². The van der Waals surface area contributed by atoms with Crippen LogP contribution in [-0.2, 0) is 22.6 Å². The molecule has 0 bridgehead atoms. The molecular formula is C12H24N4O3. The van der Waals surface area contributed by atoms with E-state index in [1.165, 1.54) is 0 Å². The summed E-state index contributed by atoms with van der Waals surface area (Å²) in [6.45, 7) is 7.23. The first-order valence-corrected chi connectivity index (χ1v) is 6.73. The number of rotatable bonds is 11. The highest BCUT2D eigenvalue weighted by atomic mass is 16.7. The number of hydrogen-bond donors (Lipinski definition) is 2. The number of nitrogens with zero attached hydrogens (tertiary/aromatic N) is 3. The molecule has 0 radical (unpaired) electrons. The molecule has 1 heterocycles. The molecule has 1 rings (SSSR count). The fourth-order valence-corrected chi connectivity index (χ4v) is 1.62. The number of hydrogen-bond acceptors (Lipinski definition) is 6. The van der Waals surface area contributed by atoms with Crippen LogP contribution >= 0.6 is 0 Å². The Morgan fingerprint density at radius 3 is 2.74 bits per heavy atom. The maximum atomic E-state index is 8.74. The summed E-state index contributed by atoms with van der Waals surface area (Å²) in [6.07, 6.45) is 2.34. The molecule has 0 saturated heterocycles. The number of aryl methyl sites for hydroxylation is 1. The summed E-state index contributed by atoms with van der Waals surface area (Å²) in [5.74, 6) is 0. The van der Waals surface area contributed by atoms with Crippen LogP contribution in [0.15, 0.2) is 6.20 Å². The predicted octanol–water partition coefficient (Wildman–Crippen LogP) is 0.149. The minimum atomic E-state index is -0.223. The third-order valence-corrected chi connectivity index (χ3v) is 2.45. The van der Waals surface area contributed by atoms with Crippen LogP contribution in [-0.4, -0.2) is 52.8 Å². The van der Waals surface area contributed by atoms with Crippen LogP contribution in [0, 0.1) is 0 Å². The zero-order valence-corrected chi connectivity index (χ0v) is 11.7. The van der Waals surface area contributed by atoms with Gasteiger partial charge in [-0.1, -0.05) is 5.21 Å². The van der Waals surface area contributed by atoms with Crippen molar-refractivity contribution < 1.29 is 14.6 Å². The Bertz CT molecular complexity index is 327. The number of ether oxygens (including phenoxy) is 2. The molecule has 0 spiro atoms. The Morgan fingerprint density at radius 1 is 1.37 bits per heavy atom. The lowest BCUT2D eigenvalue weighted by Crippen LogP contribution is -2.31. The van der Waals surface area contributed by atoms with Crippen molar-refractivity contribution in [1.82, 2.24) is 20.3 Å². The highest BCUT2D eigenvalue weighted by molar-refractivity contribution is 4.91. The Balaban J connectivity index is 2.25. The van der Waals surface area contributed by atoms with E-state index in [4.69, 9.17) is 14.6 Å². The molecule has 0 aliphatic carbocycles. The van der Waals surface area contributed by atoms with Gasteiger partial charge in [-0.05, 0) is 20.3 Å². The average Bonchev–Trinajstić information content (AvgIpc) is 2.85. The molecule has 1 aromatic heterocycles. The second-order valence-corrected chi connectivity index (χ2v) is 4.02. The smallest absolute Gasteiger partial charge is 0.169 e. The Morgan fingerprint density at radius 2 is 2.11 bits per heavy atom. The van der Waals surface area contributed by atoms with Crippen LogP contribution in [0.1, 0.15) is 26.0 Å². The summed E-state index contributed by atoms with van der Waals surface area (Å²) >= 11 is 0. The van der Waals surface area contributed by atoms with Crippen LogP contribution in [0.3, 0.4) is 0 Å². The second-order valence-electron chi connectivity index (χ2n) is 4.02. The Hall–Kier alpha value is -1.02. The van der Waals surface area contributed by atoms with Gasteiger partial charge in [0.05, 0.1) is 5.69 Å². The first-order chi connectivity index (χ1) is 9.30. The standard InChI is InChI=1S/C12H24N4O3/c1-3-18-12(19-4-2)9-13-8-11-10-16(15-14-11)6-5-7-17/h10,12-13,17H,3-9H2,1-2H3. The van der Waals surface area contributed by atoms with Gasteiger partial charge in [0, 0.05) is 45.7 Å². The molecule has 19 heavy (non-hydrogen) atoms. The zero-order chi connectivity index (χ0) is 13.9. The van der Waals surface area contributed by atoms with Crippen molar-refractivity contribution in [2.75, 3.05) is 26.4 Å². The molecule has 0 amide bonds. The van der Waals surface area contributed by atoms with Crippen molar-refractivity contribution in [2.24, 2.45) is 0 Å². The molecule has 2 N–H and O–H groups in total. The van der Waals surface area contributed by atoms with Gasteiger partial charge in [-0.3, -0.25) is 4.68 Å². The highest BCUT2D eigenvalue weighted by Crippen LogP contribution is 1.97. The Kier molecular flexibility index (Phi) is 8.31. The molecule has 0 saturated carbocycles. The van der Waals surface area contributed by atoms with E-state index < -0.39 is 0 Å². The van der Waals surface area contributed by atoms with E-state index in [9.17, 15) is 0 Å². The number of aliphatic hydroxyl groups is 1. The van der Waals surface area contributed by atoms with E-state index in [1.807, 2.05) is 20.0 Å². The maximum absolute atomic E-state index is 8.74. The summed E-state index contributed by atoms with van der Waals surface area (Å²) in [5, 5.41) is 20.0. The van der Waals surface area contributed by atoms with Crippen molar-refractivity contribution in [3.8, 4) is 0 Å². The van der Waals surface area contributed by atoms with Crippen LogP contribution in [0.5, 0.6) is 0 Å². The lowest BCUT2D eigenvalue weighted by molar-refractivity contribution is -0.133. The van der Waals surface area contributed by atoms with Crippen molar-refractivity contribution >= 4 is 0 Å². The molecule has 7 heteroatoms. The van der Waals surface area contributed by atoms with Gasteiger partial charge in [0.1, 0.15) is 0 Å². The minimum absolute atomic E-state index is 0.165. The van der Waals surface area contributed by atoms with Crippen LogP contribution in [0.2, 0.25) is 0 Å². The first-order valence-electron chi connectivity index (χ1n) is 6.73. The third kappa shape index (κ3) is 6.63. The summed E-state index contributed by atoms with van der Waals surface area (Å²) in [4.78, 5) is 0. The van der Waals surface area contributed by atoms with E-state index in [2.05, 4.69) is 15.6 Å². The fraction of sp³-hybridized carbons (Fsp3) is 0.833. The summed E-state index contributed by atoms with van der Waals surface area (Å²) in [5.41, 5.74) is 0.865. The zero-order valence-electron chi connectivity index (χ0n) is 11.7. The topological polar surface area (TPSA) is 81.4 Å². The molecule has 7 nitrogen and oxygen atoms in total. The van der Waals surface area contributed by atoms with Gasteiger partial charge in [-0.2, -0.15) is 0 Å². The molecule has 0 unspecified atom stereocenters. The predicted molar refractivity (Wildman–Crippen MR) is 70.5 cm³/mol. The van der Waals surface area contributed by atoms with Gasteiger partial charge in [0.15, 0.2) is 6.29 Å². The molecule has 0 aliphatic rings.